The van der Waals surface area contributed by atoms with E-state index in [4.69, 9.17) is 14.7 Å². The standard InChI is InChI=1S/C16H13N3O5/c1-23-13-6-7-15(19(21)22)14(10-13)16(20)18-11-2-4-12(5-3-11)24-9-8-17/h2-7,10H,9H2,1H3,(H,18,20). The van der Waals surface area contributed by atoms with Gasteiger partial charge in [0.1, 0.15) is 23.1 Å². The van der Waals surface area contributed by atoms with Crippen molar-refractivity contribution in [3.8, 4) is 17.6 Å². The molecule has 2 rings (SSSR count). The van der Waals surface area contributed by atoms with Gasteiger partial charge in [-0.3, -0.25) is 14.9 Å². The van der Waals surface area contributed by atoms with Crippen molar-refractivity contribution in [2.45, 2.75) is 0 Å². The average Bonchev–Trinajstić information content (AvgIpc) is 2.60. The van der Waals surface area contributed by atoms with E-state index in [1.807, 2.05) is 6.07 Å². The minimum atomic E-state index is -0.633. The zero-order valence-electron chi connectivity index (χ0n) is 12.7. The van der Waals surface area contributed by atoms with Gasteiger partial charge in [-0.05, 0) is 36.4 Å². The van der Waals surface area contributed by atoms with Gasteiger partial charge in [0.15, 0.2) is 6.61 Å². The lowest BCUT2D eigenvalue weighted by Crippen LogP contribution is -2.14. The zero-order chi connectivity index (χ0) is 17.5. The van der Waals surface area contributed by atoms with Crippen molar-refractivity contribution in [2.75, 3.05) is 19.0 Å². The fourth-order valence-electron chi connectivity index (χ4n) is 1.93. The third-order valence-corrected chi connectivity index (χ3v) is 3.06. The van der Waals surface area contributed by atoms with Gasteiger partial charge in [-0.15, -0.1) is 0 Å². The first-order chi connectivity index (χ1) is 11.5. The minimum Gasteiger partial charge on any atom is -0.497 e. The van der Waals surface area contributed by atoms with Gasteiger partial charge in [0.05, 0.1) is 12.0 Å². The molecule has 8 heteroatoms. The molecular weight excluding hydrogens is 314 g/mol. The molecule has 1 N–H and O–H groups in total. The molecule has 2 aromatic rings. The molecule has 122 valence electrons. The van der Waals surface area contributed by atoms with Crippen LogP contribution in [0, 0.1) is 21.4 Å². The fourth-order valence-corrected chi connectivity index (χ4v) is 1.93. The second kappa shape index (κ2) is 7.60. The molecule has 0 spiro atoms. The van der Waals surface area contributed by atoms with Crippen molar-refractivity contribution in [3.05, 3.63) is 58.1 Å². The summed E-state index contributed by atoms with van der Waals surface area (Å²) in [6.07, 6.45) is 0. The molecule has 0 heterocycles. The Hall–Kier alpha value is -3.60. The number of nitriles is 1. The Morgan fingerprint density at radius 2 is 1.92 bits per heavy atom. The van der Waals surface area contributed by atoms with Crippen molar-refractivity contribution in [1.82, 2.24) is 0 Å². The van der Waals surface area contributed by atoms with Crippen molar-refractivity contribution < 1.29 is 19.2 Å². The van der Waals surface area contributed by atoms with Gasteiger partial charge in [0.25, 0.3) is 11.6 Å². The predicted octanol–water partition coefficient (Wildman–Crippen LogP) is 2.76. The molecule has 0 saturated heterocycles. The monoisotopic (exact) mass is 327 g/mol. The number of nitro benzene ring substituents is 1. The molecule has 2 aromatic carbocycles. The number of benzene rings is 2. The van der Waals surface area contributed by atoms with E-state index in [0.29, 0.717) is 17.2 Å². The Balaban J connectivity index is 2.20. The van der Waals surface area contributed by atoms with Gasteiger partial charge in [-0.25, -0.2) is 0 Å². The summed E-state index contributed by atoms with van der Waals surface area (Å²) in [7, 11) is 1.41. The van der Waals surface area contributed by atoms with Crippen LogP contribution in [0.3, 0.4) is 0 Å². The summed E-state index contributed by atoms with van der Waals surface area (Å²) in [4.78, 5) is 22.8. The zero-order valence-corrected chi connectivity index (χ0v) is 12.7. The number of ether oxygens (including phenoxy) is 2. The summed E-state index contributed by atoms with van der Waals surface area (Å²) in [5.41, 5.74) is 0.00727. The molecule has 0 atom stereocenters. The highest BCUT2D eigenvalue weighted by Crippen LogP contribution is 2.25. The highest BCUT2D eigenvalue weighted by Gasteiger charge is 2.21. The molecule has 0 unspecified atom stereocenters. The highest BCUT2D eigenvalue weighted by atomic mass is 16.6. The van der Waals surface area contributed by atoms with Crippen LogP contribution in [0.15, 0.2) is 42.5 Å². The van der Waals surface area contributed by atoms with E-state index in [1.165, 1.54) is 25.3 Å². The lowest BCUT2D eigenvalue weighted by molar-refractivity contribution is -0.385. The first-order valence-corrected chi connectivity index (χ1v) is 6.78. The summed E-state index contributed by atoms with van der Waals surface area (Å²) in [6.45, 7) is -0.0816. The summed E-state index contributed by atoms with van der Waals surface area (Å²) in [6, 6.07) is 12.1. The summed E-state index contributed by atoms with van der Waals surface area (Å²) >= 11 is 0. The lowest BCUT2D eigenvalue weighted by Gasteiger charge is -2.08. The summed E-state index contributed by atoms with van der Waals surface area (Å²) < 4.78 is 10.1. The fraction of sp³-hybridized carbons (Fsp3) is 0.125. The Kier molecular flexibility index (Phi) is 5.31. The van der Waals surface area contributed by atoms with Gasteiger partial charge in [0, 0.05) is 11.8 Å². The summed E-state index contributed by atoms with van der Waals surface area (Å²) in [5.74, 6) is 0.180. The topological polar surface area (TPSA) is 114 Å². The number of amides is 1. The number of carbonyl (C=O) groups excluding carboxylic acids is 1. The van der Waals surface area contributed by atoms with E-state index < -0.39 is 10.8 Å². The van der Waals surface area contributed by atoms with Crippen LogP contribution in [0.4, 0.5) is 11.4 Å². The second-order valence-electron chi connectivity index (χ2n) is 4.57. The van der Waals surface area contributed by atoms with Crippen molar-refractivity contribution in [3.63, 3.8) is 0 Å². The number of hydrogen-bond acceptors (Lipinski definition) is 6. The Morgan fingerprint density at radius 3 is 2.50 bits per heavy atom. The molecule has 0 saturated carbocycles. The molecule has 1 amide bonds. The maximum Gasteiger partial charge on any atom is 0.282 e. The number of methoxy groups -OCH3 is 1. The maximum atomic E-state index is 12.3. The number of rotatable bonds is 6. The largest absolute Gasteiger partial charge is 0.497 e. The molecule has 0 aliphatic carbocycles. The Bertz CT molecular complexity index is 796. The highest BCUT2D eigenvalue weighted by molar-refractivity contribution is 6.07. The molecule has 0 aromatic heterocycles. The molecule has 0 fully saturated rings. The van der Waals surface area contributed by atoms with Gasteiger partial charge < -0.3 is 14.8 Å². The predicted molar refractivity (Wildman–Crippen MR) is 85.2 cm³/mol. The van der Waals surface area contributed by atoms with Crippen LogP contribution in [0.25, 0.3) is 0 Å². The van der Waals surface area contributed by atoms with E-state index in [9.17, 15) is 14.9 Å². The van der Waals surface area contributed by atoms with E-state index in [2.05, 4.69) is 5.32 Å². The van der Waals surface area contributed by atoms with Crippen LogP contribution in [0.1, 0.15) is 10.4 Å². The van der Waals surface area contributed by atoms with E-state index >= 15 is 0 Å². The van der Waals surface area contributed by atoms with Crippen molar-refractivity contribution >= 4 is 17.3 Å². The first kappa shape index (κ1) is 16.8. The number of nitrogens with zero attached hydrogens (tertiary/aromatic N) is 2. The molecule has 0 radical (unpaired) electrons. The van der Waals surface area contributed by atoms with Crippen molar-refractivity contribution in [2.24, 2.45) is 0 Å². The number of hydrogen-bond donors (Lipinski definition) is 1. The molecule has 0 aliphatic rings. The Morgan fingerprint density at radius 1 is 1.25 bits per heavy atom. The van der Waals surface area contributed by atoms with Gasteiger partial charge in [-0.1, -0.05) is 0 Å². The number of anilines is 1. The van der Waals surface area contributed by atoms with Crippen LogP contribution < -0.4 is 14.8 Å². The SMILES string of the molecule is COc1ccc([N+](=O)[O-])c(C(=O)Nc2ccc(OCC#N)cc2)c1. The molecule has 0 bridgehead atoms. The number of nitrogens with one attached hydrogen (secondary N) is 1. The van der Waals surface area contributed by atoms with Gasteiger partial charge in [-0.2, -0.15) is 5.26 Å². The third kappa shape index (κ3) is 3.98. The van der Waals surface area contributed by atoms with Crippen LogP contribution in [0.5, 0.6) is 11.5 Å². The van der Waals surface area contributed by atoms with Gasteiger partial charge in [0.2, 0.25) is 0 Å². The molecule has 0 aliphatic heterocycles. The van der Waals surface area contributed by atoms with E-state index in [-0.39, 0.29) is 17.9 Å². The van der Waals surface area contributed by atoms with Crippen LogP contribution in [-0.2, 0) is 0 Å². The smallest absolute Gasteiger partial charge is 0.282 e. The Labute approximate surface area is 137 Å². The van der Waals surface area contributed by atoms with Crippen LogP contribution >= 0.6 is 0 Å². The summed E-state index contributed by atoms with van der Waals surface area (Å²) in [5, 5.41) is 22.1. The average molecular weight is 327 g/mol. The lowest BCUT2D eigenvalue weighted by atomic mass is 10.1. The number of nitro groups is 1. The molecule has 8 nitrogen and oxygen atoms in total. The number of carbonyl (C=O) groups is 1. The van der Waals surface area contributed by atoms with E-state index in [0.717, 1.165) is 0 Å². The normalized spacial score (nSPS) is 9.67. The second-order valence-corrected chi connectivity index (χ2v) is 4.57. The maximum absolute atomic E-state index is 12.3. The van der Waals surface area contributed by atoms with Crippen LogP contribution in [0.2, 0.25) is 0 Å². The third-order valence-electron chi connectivity index (χ3n) is 3.06. The molecular formula is C16H13N3O5. The first-order valence-electron chi connectivity index (χ1n) is 6.78. The minimum absolute atomic E-state index is 0.0816. The quantitative estimate of drug-likeness (QED) is 0.644. The molecule has 24 heavy (non-hydrogen) atoms. The van der Waals surface area contributed by atoms with Gasteiger partial charge >= 0.3 is 0 Å². The van der Waals surface area contributed by atoms with Crippen LogP contribution in [-0.4, -0.2) is 24.5 Å². The van der Waals surface area contributed by atoms with E-state index in [1.54, 1.807) is 24.3 Å². The van der Waals surface area contributed by atoms with Crippen molar-refractivity contribution in [1.29, 1.82) is 5.26 Å².